The molecule has 3 aromatic rings. The van der Waals surface area contributed by atoms with Crippen molar-refractivity contribution in [2.75, 3.05) is 18.8 Å². The van der Waals surface area contributed by atoms with Crippen molar-refractivity contribution in [2.45, 2.75) is 39.2 Å². The number of piperidine rings is 1. The number of hydrogen-bond donors (Lipinski definition) is 3. The molecule has 4 rings (SSSR count). The van der Waals surface area contributed by atoms with Crippen molar-refractivity contribution >= 4 is 32.7 Å². The molecule has 1 saturated heterocycles. The highest BCUT2D eigenvalue weighted by Gasteiger charge is 2.29. The molecule has 0 atom stereocenters. The van der Waals surface area contributed by atoms with Crippen LogP contribution in [-0.2, 0) is 21.4 Å². The maximum atomic E-state index is 12.3. The first-order valence-corrected chi connectivity index (χ1v) is 13.1. The summed E-state index contributed by atoms with van der Waals surface area (Å²) in [6, 6.07) is 11.7. The van der Waals surface area contributed by atoms with E-state index in [1.165, 1.54) is 6.92 Å². The van der Waals surface area contributed by atoms with Crippen molar-refractivity contribution in [1.29, 1.82) is 0 Å². The van der Waals surface area contributed by atoms with Gasteiger partial charge in [0.15, 0.2) is 0 Å². The summed E-state index contributed by atoms with van der Waals surface area (Å²) in [5.74, 6) is -0.327. The average molecular weight is 483 g/mol. The van der Waals surface area contributed by atoms with Crippen molar-refractivity contribution in [3.8, 4) is 11.1 Å². The van der Waals surface area contributed by atoms with Crippen LogP contribution in [0.25, 0.3) is 22.0 Å². The molecule has 34 heavy (non-hydrogen) atoms. The zero-order chi connectivity index (χ0) is 24.5. The summed E-state index contributed by atoms with van der Waals surface area (Å²) >= 11 is 0. The summed E-state index contributed by atoms with van der Waals surface area (Å²) in [7, 11) is -3.19. The Balaban J connectivity index is 1.70. The van der Waals surface area contributed by atoms with Crippen LogP contribution >= 0.6 is 0 Å². The van der Waals surface area contributed by atoms with E-state index in [4.69, 9.17) is 5.73 Å². The normalized spacial score (nSPS) is 15.5. The molecular weight excluding hydrogens is 452 g/mol. The predicted molar refractivity (Wildman–Crippen MR) is 133 cm³/mol. The van der Waals surface area contributed by atoms with Gasteiger partial charge in [0.05, 0.1) is 16.8 Å². The lowest BCUT2D eigenvalue weighted by molar-refractivity contribution is -0.119. The van der Waals surface area contributed by atoms with Crippen LogP contribution in [0.15, 0.2) is 42.6 Å². The minimum Gasteiger partial charge on any atom is -0.366 e. The number of primary amides is 1. The topological polar surface area (TPSA) is 125 Å². The number of nitrogens with one attached hydrogen (secondary N) is 2. The third kappa shape index (κ3) is 4.85. The number of rotatable bonds is 7. The van der Waals surface area contributed by atoms with Crippen LogP contribution in [-0.4, -0.2) is 48.4 Å². The second-order valence-electron chi connectivity index (χ2n) is 8.74. The number of carbonyl (C=O) groups excluding carboxylic acids is 2. The first-order valence-electron chi connectivity index (χ1n) is 11.5. The zero-order valence-corrected chi connectivity index (χ0v) is 20.2. The molecule has 2 heterocycles. The number of H-pyrrole nitrogens is 1. The fourth-order valence-corrected chi connectivity index (χ4v) is 5.80. The number of nitrogens with two attached hydrogens (primary N) is 1. The van der Waals surface area contributed by atoms with Crippen LogP contribution < -0.4 is 11.1 Å². The fraction of sp³-hybridized carbons (Fsp3) is 0.360. The zero-order valence-electron chi connectivity index (χ0n) is 19.4. The molecule has 0 spiro atoms. The molecule has 0 bridgehead atoms. The Morgan fingerprint density at radius 1 is 1.15 bits per heavy atom. The van der Waals surface area contributed by atoms with Crippen LogP contribution in [0, 0.1) is 0 Å². The SMILES string of the molecule is CCS(=O)(=O)N1CCC(c2c[nH]c3c(C(N)=O)cc(-c4cccc(CNC(C)=O)c4)cc23)CC1. The van der Waals surface area contributed by atoms with Gasteiger partial charge in [-0.2, -0.15) is 0 Å². The molecule has 1 aliphatic rings. The number of amides is 2. The molecule has 1 aromatic heterocycles. The van der Waals surface area contributed by atoms with Crippen LogP contribution in [0.4, 0.5) is 0 Å². The Kier molecular flexibility index (Phi) is 6.77. The number of aromatic nitrogens is 1. The van der Waals surface area contributed by atoms with Crippen LogP contribution in [0.3, 0.4) is 0 Å². The van der Waals surface area contributed by atoms with Gasteiger partial charge < -0.3 is 16.0 Å². The van der Waals surface area contributed by atoms with Crippen LogP contribution in [0.1, 0.15) is 54.1 Å². The Morgan fingerprint density at radius 2 is 1.88 bits per heavy atom. The molecule has 0 aliphatic carbocycles. The van der Waals surface area contributed by atoms with E-state index in [-0.39, 0.29) is 17.6 Å². The summed E-state index contributed by atoms with van der Waals surface area (Å²) in [4.78, 5) is 26.8. The second-order valence-corrected chi connectivity index (χ2v) is 11.0. The summed E-state index contributed by atoms with van der Waals surface area (Å²) in [6.07, 6.45) is 3.35. The molecule has 9 heteroatoms. The third-order valence-electron chi connectivity index (χ3n) is 6.54. The van der Waals surface area contributed by atoms with Gasteiger partial charge in [0.25, 0.3) is 5.91 Å². The molecule has 1 aliphatic heterocycles. The van der Waals surface area contributed by atoms with Crippen molar-refractivity contribution in [1.82, 2.24) is 14.6 Å². The van der Waals surface area contributed by atoms with Gasteiger partial charge in [-0.15, -0.1) is 0 Å². The quantitative estimate of drug-likeness (QED) is 0.478. The monoisotopic (exact) mass is 482 g/mol. The van der Waals surface area contributed by atoms with E-state index >= 15 is 0 Å². The highest BCUT2D eigenvalue weighted by atomic mass is 32.2. The van der Waals surface area contributed by atoms with Gasteiger partial charge >= 0.3 is 0 Å². The lowest BCUT2D eigenvalue weighted by atomic mass is 9.88. The Morgan fingerprint density at radius 3 is 2.53 bits per heavy atom. The molecule has 2 aromatic carbocycles. The molecule has 0 radical (unpaired) electrons. The molecule has 8 nitrogen and oxygen atoms in total. The number of nitrogens with zero attached hydrogens (tertiary/aromatic N) is 1. The minimum atomic E-state index is -3.19. The van der Waals surface area contributed by atoms with E-state index in [1.807, 2.05) is 30.5 Å². The van der Waals surface area contributed by atoms with E-state index in [0.717, 1.165) is 27.6 Å². The van der Waals surface area contributed by atoms with E-state index in [0.29, 0.717) is 43.6 Å². The number of sulfonamides is 1. The summed E-state index contributed by atoms with van der Waals surface area (Å²) in [6.45, 7) is 4.54. The van der Waals surface area contributed by atoms with Crippen molar-refractivity contribution < 1.29 is 18.0 Å². The largest absolute Gasteiger partial charge is 0.366 e. The molecular formula is C25H30N4O4S. The van der Waals surface area contributed by atoms with Crippen molar-refractivity contribution in [2.24, 2.45) is 5.73 Å². The van der Waals surface area contributed by atoms with Gasteiger partial charge in [-0.25, -0.2) is 12.7 Å². The van der Waals surface area contributed by atoms with Gasteiger partial charge in [-0.3, -0.25) is 9.59 Å². The Bertz CT molecular complexity index is 1340. The summed E-state index contributed by atoms with van der Waals surface area (Å²) in [5, 5.41) is 3.73. The fourth-order valence-electron chi connectivity index (χ4n) is 4.67. The standard InChI is InChI=1S/C25H30N4O4S/c1-3-34(32,33)29-9-7-18(8-10-29)23-15-28-24-21(23)12-20(13-22(24)25(26)31)19-6-4-5-17(11-19)14-27-16(2)30/h4-6,11-13,15,18,28H,3,7-10,14H2,1-2H3,(H2,26,31)(H,27,30). The number of hydrogen-bond acceptors (Lipinski definition) is 4. The van der Waals surface area contributed by atoms with Crippen LogP contribution in [0.2, 0.25) is 0 Å². The highest BCUT2D eigenvalue weighted by molar-refractivity contribution is 7.89. The molecule has 1 fully saturated rings. The van der Waals surface area contributed by atoms with E-state index < -0.39 is 15.9 Å². The number of benzene rings is 2. The van der Waals surface area contributed by atoms with Gasteiger partial charge in [-0.1, -0.05) is 18.2 Å². The summed E-state index contributed by atoms with van der Waals surface area (Å²) < 4.78 is 26.0. The predicted octanol–water partition coefficient (Wildman–Crippen LogP) is 3.10. The Labute approximate surface area is 199 Å². The van der Waals surface area contributed by atoms with E-state index in [9.17, 15) is 18.0 Å². The molecule has 2 amide bonds. The Hall–Kier alpha value is -3.17. The third-order valence-corrected chi connectivity index (χ3v) is 8.42. The summed E-state index contributed by atoms with van der Waals surface area (Å²) in [5.41, 5.74) is 10.6. The van der Waals surface area contributed by atoms with E-state index in [1.54, 1.807) is 17.3 Å². The molecule has 4 N–H and O–H groups in total. The lowest BCUT2D eigenvalue weighted by Gasteiger charge is -2.31. The van der Waals surface area contributed by atoms with Gasteiger partial charge in [0.2, 0.25) is 15.9 Å². The molecule has 180 valence electrons. The van der Waals surface area contributed by atoms with Gasteiger partial charge in [0.1, 0.15) is 0 Å². The maximum Gasteiger partial charge on any atom is 0.250 e. The maximum absolute atomic E-state index is 12.3. The number of carbonyl (C=O) groups is 2. The first kappa shape index (κ1) is 24.0. The number of fused-ring (bicyclic) bond motifs is 1. The second kappa shape index (κ2) is 9.60. The van der Waals surface area contributed by atoms with Crippen molar-refractivity contribution in [3.63, 3.8) is 0 Å². The lowest BCUT2D eigenvalue weighted by Crippen LogP contribution is -2.38. The molecule has 0 saturated carbocycles. The van der Waals surface area contributed by atoms with Crippen LogP contribution in [0.5, 0.6) is 0 Å². The molecule has 0 unspecified atom stereocenters. The van der Waals surface area contributed by atoms with E-state index in [2.05, 4.69) is 16.4 Å². The number of aromatic amines is 1. The first-order chi connectivity index (χ1) is 16.2. The van der Waals surface area contributed by atoms with Crippen molar-refractivity contribution in [3.05, 3.63) is 59.3 Å². The minimum absolute atomic E-state index is 0.0995. The average Bonchev–Trinajstić information content (AvgIpc) is 3.26. The smallest absolute Gasteiger partial charge is 0.250 e. The van der Waals surface area contributed by atoms with Gasteiger partial charge in [0, 0.05) is 38.1 Å². The van der Waals surface area contributed by atoms with Gasteiger partial charge in [-0.05, 0) is 66.1 Å². The highest BCUT2D eigenvalue weighted by Crippen LogP contribution is 2.37.